The number of thioether (sulfide) groups is 1. The minimum Gasteiger partial charge on any atom is -0.469 e. The summed E-state index contributed by atoms with van der Waals surface area (Å²) in [5.41, 5.74) is 4.19. The number of benzene rings is 2. The van der Waals surface area contributed by atoms with Crippen molar-refractivity contribution in [2.75, 3.05) is 13.4 Å². The van der Waals surface area contributed by atoms with Crippen molar-refractivity contribution in [3.05, 3.63) is 76.4 Å². The van der Waals surface area contributed by atoms with Gasteiger partial charge in [-0.25, -0.2) is 0 Å². The van der Waals surface area contributed by atoms with Crippen molar-refractivity contribution in [1.82, 2.24) is 0 Å². The first-order chi connectivity index (χ1) is 19.5. The first kappa shape index (κ1) is 31.9. The highest BCUT2D eigenvalue weighted by atomic mass is 32.2. The minimum absolute atomic E-state index is 0.207. The average molecular weight is 585 g/mol. The molecule has 0 bridgehead atoms. The number of hydrogen-bond donors (Lipinski definition) is 0. The van der Waals surface area contributed by atoms with E-state index in [0.29, 0.717) is 6.42 Å². The Labute approximate surface area is 244 Å². The quantitative estimate of drug-likeness (QED) is 0.287. The van der Waals surface area contributed by atoms with E-state index in [0.717, 1.165) is 27.8 Å². The van der Waals surface area contributed by atoms with Crippen LogP contribution >= 0.6 is 11.8 Å². The van der Waals surface area contributed by atoms with Crippen molar-refractivity contribution < 1.29 is 42.9 Å². The third-order valence-electron chi connectivity index (χ3n) is 6.53. The monoisotopic (exact) mass is 584 g/mol. The fourth-order valence-corrected chi connectivity index (χ4v) is 5.34. The lowest BCUT2D eigenvalue weighted by atomic mass is 9.90. The number of esters is 4. The zero-order valence-electron chi connectivity index (χ0n) is 24.1. The van der Waals surface area contributed by atoms with E-state index in [2.05, 4.69) is 4.74 Å². The van der Waals surface area contributed by atoms with E-state index < -0.39 is 47.8 Å². The van der Waals surface area contributed by atoms with E-state index in [-0.39, 0.29) is 12.4 Å². The number of rotatable bonds is 10. The van der Waals surface area contributed by atoms with Crippen LogP contribution in [0.2, 0.25) is 0 Å². The van der Waals surface area contributed by atoms with Crippen molar-refractivity contribution in [1.29, 1.82) is 0 Å². The van der Waals surface area contributed by atoms with Crippen LogP contribution in [0.5, 0.6) is 0 Å². The fourth-order valence-electron chi connectivity index (χ4n) is 4.63. The van der Waals surface area contributed by atoms with Gasteiger partial charge in [-0.2, -0.15) is 0 Å². The van der Waals surface area contributed by atoms with Gasteiger partial charge in [0.25, 0.3) is 0 Å². The number of hydrogen-bond acceptors (Lipinski definition) is 10. The zero-order valence-corrected chi connectivity index (χ0v) is 24.9. The first-order valence-corrected chi connectivity index (χ1v) is 14.4. The molecule has 0 spiro atoms. The molecule has 1 saturated heterocycles. The van der Waals surface area contributed by atoms with Gasteiger partial charge >= 0.3 is 23.9 Å². The van der Waals surface area contributed by atoms with Gasteiger partial charge in [0.1, 0.15) is 11.5 Å². The van der Waals surface area contributed by atoms with Gasteiger partial charge in [0, 0.05) is 20.8 Å². The van der Waals surface area contributed by atoms with Crippen molar-refractivity contribution >= 4 is 41.7 Å². The smallest absolute Gasteiger partial charge is 0.309 e. The molecule has 220 valence electrons. The van der Waals surface area contributed by atoms with Crippen molar-refractivity contribution in [2.45, 2.75) is 70.4 Å². The van der Waals surface area contributed by atoms with Gasteiger partial charge in [0.2, 0.25) is 0 Å². The summed E-state index contributed by atoms with van der Waals surface area (Å²) >= 11 is 1.30. The standard InChI is InChI=1S/C31H36O9S/c1-18-10-15-24(17-25(18)16-23-13-11-22(12-14-23)8-7-9-26(35)36-5)27-28(37-19(2)32)29(38-20(3)33)30(39-21(4)34)31(40-27)41-6/h7-8,10-15,17,27-31H,9,16H2,1-6H3/t27-,28-,29+,30-,31+/m0/s1. The van der Waals surface area contributed by atoms with Gasteiger partial charge in [-0.3, -0.25) is 19.2 Å². The Balaban J connectivity index is 1.91. The molecule has 41 heavy (non-hydrogen) atoms. The van der Waals surface area contributed by atoms with E-state index in [1.165, 1.54) is 39.6 Å². The van der Waals surface area contributed by atoms with Crippen LogP contribution in [0.25, 0.3) is 6.08 Å². The summed E-state index contributed by atoms with van der Waals surface area (Å²) in [6.07, 6.45) is 2.39. The summed E-state index contributed by atoms with van der Waals surface area (Å²) in [6, 6.07) is 13.9. The Bertz CT molecular complexity index is 1270. The fraction of sp³-hybridized carbons (Fsp3) is 0.419. The van der Waals surface area contributed by atoms with Crippen molar-refractivity contribution in [2.24, 2.45) is 0 Å². The SMILES string of the molecule is COC(=O)CC=Cc1ccc(Cc2cc([C@@H]3O[C@H](SC)[C@@H](OC(C)=O)[C@H](OC(C)=O)[C@H]3OC(C)=O)ccc2C)cc1. The molecule has 2 aromatic carbocycles. The van der Waals surface area contributed by atoms with E-state index in [1.54, 1.807) is 12.3 Å². The lowest BCUT2D eigenvalue weighted by Gasteiger charge is -2.44. The van der Waals surface area contributed by atoms with Crippen LogP contribution in [-0.4, -0.2) is 61.0 Å². The Kier molecular flexibility index (Phi) is 11.5. The Morgan fingerprint density at radius 2 is 1.49 bits per heavy atom. The molecule has 0 amide bonds. The molecule has 10 heteroatoms. The third kappa shape index (κ3) is 8.93. The Morgan fingerprint density at radius 1 is 0.878 bits per heavy atom. The lowest BCUT2D eigenvalue weighted by Crippen LogP contribution is -2.57. The molecule has 1 fully saturated rings. The third-order valence-corrected chi connectivity index (χ3v) is 7.38. The van der Waals surface area contributed by atoms with Crippen LogP contribution in [-0.2, 0) is 49.3 Å². The maximum Gasteiger partial charge on any atom is 0.309 e. The Morgan fingerprint density at radius 3 is 2.07 bits per heavy atom. The number of aryl methyl sites for hydroxylation is 1. The van der Waals surface area contributed by atoms with Gasteiger partial charge in [0.15, 0.2) is 18.3 Å². The van der Waals surface area contributed by atoms with Crippen LogP contribution < -0.4 is 0 Å². The van der Waals surface area contributed by atoms with Gasteiger partial charge < -0.3 is 23.7 Å². The highest BCUT2D eigenvalue weighted by Crippen LogP contribution is 2.40. The highest BCUT2D eigenvalue weighted by Gasteiger charge is 2.52. The Hall–Kier alpha value is -3.63. The maximum atomic E-state index is 12.1. The van der Waals surface area contributed by atoms with Crippen molar-refractivity contribution in [3.8, 4) is 0 Å². The maximum absolute atomic E-state index is 12.1. The molecule has 1 aliphatic heterocycles. The summed E-state index contributed by atoms with van der Waals surface area (Å²) in [5, 5.41) is 0. The van der Waals surface area contributed by atoms with E-state index in [1.807, 2.05) is 55.5 Å². The summed E-state index contributed by atoms with van der Waals surface area (Å²) in [5.74, 6) is -2.05. The predicted molar refractivity (Wildman–Crippen MR) is 154 cm³/mol. The van der Waals surface area contributed by atoms with Crippen LogP contribution in [0.1, 0.15) is 61.1 Å². The molecular formula is C31H36O9S. The summed E-state index contributed by atoms with van der Waals surface area (Å²) < 4.78 is 27.8. The van der Waals surface area contributed by atoms with Gasteiger partial charge in [0.05, 0.1) is 13.5 Å². The minimum atomic E-state index is -1.07. The molecule has 0 N–H and O–H groups in total. The van der Waals surface area contributed by atoms with Crippen molar-refractivity contribution in [3.63, 3.8) is 0 Å². The van der Waals surface area contributed by atoms with Crippen LogP contribution in [0, 0.1) is 6.92 Å². The molecule has 0 saturated carbocycles. The molecular weight excluding hydrogens is 548 g/mol. The second kappa shape index (κ2) is 14.8. The largest absolute Gasteiger partial charge is 0.469 e. The number of ether oxygens (including phenoxy) is 5. The molecule has 3 rings (SSSR count). The van der Waals surface area contributed by atoms with Crippen LogP contribution in [0.15, 0.2) is 48.5 Å². The summed E-state index contributed by atoms with van der Waals surface area (Å²) in [4.78, 5) is 47.4. The molecule has 0 aliphatic carbocycles. The van der Waals surface area contributed by atoms with Crippen LogP contribution in [0.3, 0.4) is 0 Å². The lowest BCUT2D eigenvalue weighted by molar-refractivity contribution is -0.233. The predicted octanol–water partition coefficient (Wildman–Crippen LogP) is 4.72. The molecule has 0 aromatic heterocycles. The van der Waals surface area contributed by atoms with Gasteiger partial charge in [-0.05, 0) is 47.4 Å². The molecule has 0 radical (unpaired) electrons. The molecule has 1 heterocycles. The second-order valence-corrected chi connectivity index (χ2v) is 10.6. The normalized spacial score (nSPS) is 22.1. The van der Waals surface area contributed by atoms with E-state index in [4.69, 9.17) is 18.9 Å². The molecule has 0 unspecified atom stereocenters. The number of carbonyl (C=O) groups excluding carboxylic acids is 4. The summed E-state index contributed by atoms with van der Waals surface area (Å²) in [7, 11) is 1.36. The van der Waals surface area contributed by atoms with Crippen LogP contribution in [0.4, 0.5) is 0 Å². The molecule has 2 aromatic rings. The molecule has 5 atom stereocenters. The zero-order chi connectivity index (χ0) is 30.1. The van der Waals surface area contributed by atoms with E-state index in [9.17, 15) is 19.2 Å². The average Bonchev–Trinajstić information content (AvgIpc) is 2.92. The number of carbonyl (C=O) groups is 4. The van der Waals surface area contributed by atoms with Gasteiger partial charge in [-0.15, -0.1) is 11.8 Å². The molecule has 9 nitrogen and oxygen atoms in total. The highest BCUT2D eigenvalue weighted by molar-refractivity contribution is 7.99. The van der Waals surface area contributed by atoms with E-state index >= 15 is 0 Å². The number of methoxy groups -OCH3 is 1. The molecule has 1 aliphatic rings. The second-order valence-electron chi connectivity index (χ2n) is 9.67. The van der Waals surface area contributed by atoms with Gasteiger partial charge in [-0.1, -0.05) is 54.6 Å². The first-order valence-electron chi connectivity index (χ1n) is 13.1. The topological polar surface area (TPSA) is 114 Å². The summed E-state index contributed by atoms with van der Waals surface area (Å²) in [6.45, 7) is 5.78.